The number of phenolic OH excluding ortho intramolecular Hbond substituents is 1. The molecule has 0 bridgehead atoms. The lowest BCUT2D eigenvalue weighted by Gasteiger charge is -2.17. The number of carbonyl (C=O) groups excluding carboxylic acids is 2. The second-order valence-electron chi connectivity index (χ2n) is 4.93. The van der Waals surface area contributed by atoms with Crippen LogP contribution in [0.3, 0.4) is 0 Å². The number of carboxylic acid groups (broad SMARTS) is 1. The van der Waals surface area contributed by atoms with E-state index in [1.807, 2.05) is 0 Å². The van der Waals surface area contributed by atoms with Crippen LogP contribution in [0.25, 0.3) is 0 Å². The Bertz CT molecular complexity index is 555. The molecule has 2 rings (SSSR count). The molecule has 7 heteroatoms. The Morgan fingerprint density at radius 3 is 2.52 bits per heavy atom. The first-order chi connectivity index (χ1) is 9.95. The zero-order valence-electron chi connectivity index (χ0n) is 11.2. The molecule has 1 aromatic rings. The molecule has 2 atom stereocenters. The molecule has 21 heavy (non-hydrogen) atoms. The van der Waals surface area contributed by atoms with Crippen molar-refractivity contribution < 1.29 is 24.6 Å². The van der Waals surface area contributed by atoms with Gasteiger partial charge in [0.25, 0.3) is 0 Å². The number of hydrogen-bond acceptors (Lipinski definition) is 4. The molecule has 4 N–H and O–H groups in total. The average molecular weight is 292 g/mol. The van der Waals surface area contributed by atoms with E-state index in [4.69, 9.17) is 0 Å². The van der Waals surface area contributed by atoms with Crippen molar-refractivity contribution in [3.05, 3.63) is 29.8 Å². The summed E-state index contributed by atoms with van der Waals surface area (Å²) in [5.41, 5.74) is 0.677. The van der Waals surface area contributed by atoms with Gasteiger partial charge in [-0.3, -0.25) is 9.59 Å². The van der Waals surface area contributed by atoms with Crippen LogP contribution >= 0.6 is 0 Å². The molecule has 1 saturated heterocycles. The van der Waals surface area contributed by atoms with E-state index in [1.165, 1.54) is 12.1 Å². The molecule has 1 fully saturated rings. The van der Waals surface area contributed by atoms with E-state index in [0.717, 1.165) is 0 Å². The van der Waals surface area contributed by atoms with Crippen molar-refractivity contribution in [2.24, 2.45) is 0 Å². The van der Waals surface area contributed by atoms with E-state index in [2.05, 4.69) is 10.6 Å². The first kappa shape index (κ1) is 14.8. The van der Waals surface area contributed by atoms with Crippen LogP contribution in [0.2, 0.25) is 0 Å². The molecule has 0 saturated carbocycles. The minimum Gasteiger partial charge on any atom is -0.508 e. The number of carboxylic acids is 1. The zero-order valence-corrected chi connectivity index (χ0v) is 11.2. The molecule has 1 aliphatic rings. The zero-order chi connectivity index (χ0) is 15.4. The number of amides is 2. The van der Waals surface area contributed by atoms with Crippen molar-refractivity contribution in [2.75, 3.05) is 0 Å². The lowest BCUT2D eigenvalue weighted by atomic mass is 10.1. The maximum atomic E-state index is 11.9. The summed E-state index contributed by atoms with van der Waals surface area (Å²) >= 11 is 0. The summed E-state index contributed by atoms with van der Waals surface area (Å²) in [4.78, 5) is 34.2. The van der Waals surface area contributed by atoms with Gasteiger partial charge in [0.05, 0.1) is 0 Å². The van der Waals surface area contributed by atoms with Crippen LogP contribution in [0.15, 0.2) is 24.3 Å². The maximum Gasteiger partial charge on any atom is 0.326 e. The molecule has 0 aliphatic carbocycles. The van der Waals surface area contributed by atoms with Crippen molar-refractivity contribution in [3.63, 3.8) is 0 Å². The Morgan fingerprint density at radius 1 is 1.33 bits per heavy atom. The third-order valence-electron chi connectivity index (χ3n) is 3.30. The Morgan fingerprint density at radius 2 is 2.00 bits per heavy atom. The number of nitrogens with one attached hydrogen (secondary N) is 2. The van der Waals surface area contributed by atoms with Gasteiger partial charge < -0.3 is 20.8 Å². The van der Waals surface area contributed by atoms with Gasteiger partial charge in [0.2, 0.25) is 11.8 Å². The predicted octanol–water partition coefficient (Wildman–Crippen LogP) is -0.217. The highest BCUT2D eigenvalue weighted by molar-refractivity contribution is 5.92. The SMILES string of the molecule is O=C1CCC(C(=O)N[C@@H](Cc2ccc(O)cc2)C(=O)O)N1. The van der Waals surface area contributed by atoms with Crippen molar-refractivity contribution in [3.8, 4) is 5.75 Å². The average Bonchev–Trinajstić information content (AvgIpc) is 2.87. The summed E-state index contributed by atoms with van der Waals surface area (Å²) in [7, 11) is 0. The Hall–Kier alpha value is -2.57. The number of carbonyl (C=O) groups is 3. The third kappa shape index (κ3) is 3.95. The van der Waals surface area contributed by atoms with Crippen LogP contribution in [0, 0.1) is 0 Å². The summed E-state index contributed by atoms with van der Waals surface area (Å²) in [6, 6.07) is 4.34. The van der Waals surface area contributed by atoms with Crippen LogP contribution in [0.4, 0.5) is 0 Å². The lowest BCUT2D eigenvalue weighted by molar-refractivity contribution is -0.142. The Kier molecular flexibility index (Phi) is 4.42. The fourth-order valence-electron chi connectivity index (χ4n) is 2.15. The number of aromatic hydroxyl groups is 1. The standard InChI is InChI=1S/C14H16N2O5/c17-9-3-1-8(2-4-9)7-11(14(20)21)16-13(19)10-5-6-12(18)15-10/h1-4,10-11,17H,5-7H2,(H,15,18)(H,16,19)(H,20,21)/t10?,11-/m0/s1. The quantitative estimate of drug-likeness (QED) is 0.599. The second-order valence-corrected chi connectivity index (χ2v) is 4.93. The second kappa shape index (κ2) is 6.25. The smallest absolute Gasteiger partial charge is 0.326 e. The third-order valence-corrected chi connectivity index (χ3v) is 3.30. The van der Waals surface area contributed by atoms with Crippen molar-refractivity contribution in [1.82, 2.24) is 10.6 Å². The Balaban J connectivity index is 1.99. The maximum absolute atomic E-state index is 11.9. The highest BCUT2D eigenvalue weighted by Gasteiger charge is 2.30. The number of hydrogen-bond donors (Lipinski definition) is 4. The van der Waals surface area contributed by atoms with Crippen LogP contribution < -0.4 is 10.6 Å². The van der Waals surface area contributed by atoms with Crippen LogP contribution in [0.1, 0.15) is 18.4 Å². The van der Waals surface area contributed by atoms with Gasteiger partial charge in [-0.1, -0.05) is 12.1 Å². The summed E-state index contributed by atoms with van der Waals surface area (Å²) in [5.74, 6) is -1.77. The normalized spacial score (nSPS) is 18.9. The van der Waals surface area contributed by atoms with Gasteiger partial charge in [0.15, 0.2) is 0 Å². The minimum absolute atomic E-state index is 0.0864. The first-order valence-corrected chi connectivity index (χ1v) is 6.56. The summed E-state index contributed by atoms with van der Waals surface area (Å²) in [6.07, 6.45) is 0.742. The van der Waals surface area contributed by atoms with Crippen molar-refractivity contribution >= 4 is 17.8 Å². The molecule has 7 nitrogen and oxygen atoms in total. The summed E-state index contributed by atoms with van der Waals surface area (Å²) in [6.45, 7) is 0. The number of phenols is 1. The number of rotatable bonds is 5. The van der Waals surface area contributed by atoms with E-state index in [9.17, 15) is 24.6 Å². The van der Waals surface area contributed by atoms with E-state index in [-0.39, 0.29) is 24.5 Å². The van der Waals surface area contributed by atoms with Crippen LogP contribution in [-0.4, -0.2) is 40.1 Å². The van der Waals surface area contributed by atoms with Gasteiger partial charge in [-0.15, -0.1) is 0 Å². The van der Waals surface area contributed by atoms with E-state index in [1.54, 1.807) is 12.1 Å². The molecule has 0 aromatic heterocycles. The topological polar surface area (TPSA) is 116 Å². The molecule has 0 spiro atoms. The lowest BCUT2D eigenvalue weighted by Crippen LogP contribution is -2.49. The van der Waals surface area contributed by atoms with Gasteiger partial charge in [0.1, 0.15) is 17.8 Å². The van der Waals surface area contributed by atoms with E-state index >= 15 is 0 Å². The minimum atomic E-state index is -1.15. The fourth-order valence-corrected chi connectivity index (χ4v) is 2.15. The van der Waals surface area contributed by atoms with Gasteiger partial charge in [-0.2, -0.15) is 0 Å². The number of aliphatic carboxylic acids is 1. The highest BCUT2D eigenvalue weighted by atomic mass is 16.4. The monoisotopic (exact) mass is 292 g/mol. The van der Waals surface area contributed by atoms with Crippen molar-refractivity contribution in [1.29, 1.82) is 0 Å². The molecule has 112 valence electrons. The molecule has 1 aliphatic heterocycles. The first-order valence-electron chi connectivity index (χ1n) is 6.56. The van der Waals surface area contributed by atoms with E-state index in [0.29, 0.717) is 12.0 Å². The molecular formula is C14H16N2O5. The molecular weight excluding hydrogens is 276 g/mol. The van der Waals surface area contributed by atoms with Gasteiger partial charge >= 0.3 is 5.97 Å². The molecule has 2 amide bonds. The van der Waals surface area contributed by atoms with Crippen LogP contribution in [0.5, 0.6) is 5.75 Å². The Labute approximate surface area is 121 Å². The predicted molar refractivity (Wildman–Crippen MR) is 72.5 cm³/mol. The fraction of sp³-hybridized carbons (Fsp3) is 0.357. The molecule has 1 heterocycles. The molecule has 1 aromatic carbocycles. The molecule has 1 unspecified atom stereocenters. The highest BCUT2D eigenvalue weighted by Crippen LogP contribution is 2.12. The van der Waals surface area contributed by atoms with Crippen molar-refractivity contribution in [2.45, 2.75) is 31.3 Å². The largest absolute Gasteiger partial charge is 0.508 e. The molecule has 0 radical (unpaired) electrons. The number of benzene rings is 1. The van der Waals surface area contributed by atoms with Gasteiger partial charge in [-0.25, -0.2) is 4.79 Å². The van der Waals surface area contributed by atoms with Gasteiger partial charge in [0, 0.05) is 12.8 Å². The van der Waals surface area contributed by atoms with Gasteiger partial charge in [-0.05, 0) is 24.1 Å². The summed E-state index contributed by atoms with van der Waals surface area (Å²) < 4.78 is 0. The van der Waals surface area contributed by atoms with Crippen LogP contribution in [-0.2, 0) is 20.8 Å². The summed E-state index contributed by atoms with van der Waals surface area (Å²) in [5, 5.41) is 23.3. The van der Waals surface area contributed by atoms with E-state index < -0.39 is 24.0 Å².